The van der Waals surface area contributed by atoms with Crippen molar-refractivity contribution >= 4 is 23.5 Å². The Morgan fingerprint density at radius 2 is 2.25 bits per heavy atom. The first kappa shape index (κ1) is 12.6. The zero-order valence-electron chi connectivity index (χ0n) is 8.77. The van der Waals surface area contributed by atoms with E-state index < -0.39 is 5.97 Å². The highest BCUT2D eigenvalue weighted by Crippen LogP contribution is 2.18. The van der Waals surface area contributed by atoms with E-state index in [9.17, 15) is 9.59 Å². The third-order valence-electron chi connectivity index (χ3n) is 2.11. The molecule has 0 spiro atoms. The lowest BCUT2D eigenvalue weighted by atomic mass is 10.2. The first-order valence-electron chi connectivity index (χ1n) is 4.80. The number of furan rings is 1. The van der Waals surface area contributed by atoms with Gasteiger partial charge in [-0.3, -0.25) is 9.59 Å². The molecule has 5 nitrogen and oxygen atoms in total. The lowest BCUT2D eigenvalue weighted by Gasteiger charge is -2.19. The van der Waals surface area contributed by atoms with Crippen LogP contribution in [0.3, 0.4) is 0 Å². The van der Waals surface area contributed by atoms with Crippen LogP contribution in [0.4, 0.5) is 0 Å². The van der Waals surface area contributed by atoms with Crippen molar-refractivity contribution < 1.29 is 19.1 Å². The number of carbonyl (C=O) groups excluding carboxylic acids is 1. The molecule has 1 rings (SSSR count). The van der Waals surface area contributed by atoms with Gasteiger partial charge < -0.3 is 14.4 Å². The lowest BCUT2D eigenvalue weighted by Crippen LogP contribution is -2.32. The minimum Gasteiger partial charge on any atom is -0.481 e. The molecular weight excluding hydrogens is 234 g/mol. The number of hydrogen-bond acceptors (Lipinski definition) is 3. The van der Waals surface area contributed by atoms with E-state index in [2.05, 4.69) is 0 Å². The van der Waals surface area contributed by atoms with Crippen LogP contribution in [0.5, 0.6) is 0 Å². The Kier molecular flexibility index (Phi) is 4.37. The van der Waals surface area contributed by atoms with Crippen LogP contribution in [-0.4, -0.2) is 35.0 Å². The molecule has 16 heavy (non-hydrogen) atoms. The summed E-state index contributed by atoms with van der Waals surface area (Å²) < 4.78 is 4.81. The fraction of sp³-hybridized carbons (Fsp3) is 0.400. The largest absolute Gasteiger partial charge is 0.481 e. The van der Waals surface area contributed by atoms with Gasteiger partial charge in [0.1, 0.15) is 0 Å². The van der Waals surface area contributed by atoms with Crippen LogP contribution in [0.2, 0.25) is 5.22 Å². The quantitative estimate of drug-likeness (QED) is 0.860. The smallest absolute Gasteiger partial charge is 0.305 e. The van der Waals surface area contributed by atoms with E-state index in [0.29, 0.717) is 6.54 Å². The van der Waals surface area contributed by atoms with E-state index in [4.69, 9.17) is 21.1 Å². The van der Waals surface area contributed by atoms with Gasteiger partial charge in [-0.2, -0.15) is 0 Å². The van der Waals surface area contributed by atoms with E-state index in [0.717, 1.165) is 0 Å². The molecule has 0 bridgehead atoms. The van der Waals surface area contributed by atoms with Crippen LogP contribution >= 0.6 is 11.6 Å². The number of amides is 1. The Bertz CT molecular complexity index is 388. The van der Waals surface area contributed by atoms with Gasteiger partial charge in [0.25, 0.3) is 5.91 Å². The van der Waals surface area contributed by atoms with Crippen LogP contribution in [0.1, 0.15) is 23.7 Å². The van der Waals surface area contributed by atoms with Crippen LogP contribution in [0.25, 0.3) is 0 Å². The normalized spacial score (nSPS) is 10.1. The Balaban J connectivity index is 2.70. The second kappa shape index (κ2) is 5.55. The van der Waals surface area contributed by atoms with E-state index in [1.165, 1.54) is 17.2 Å². The molecule has 1 N–H and O–H groups in total. The molecule has 0 radical (unpaired) electrons. The second-order valence-electron chi connectivity index (χ2n) is 3.14. The van der Waals surface area contributed by atoms with Gasteiger partial charge in [-0.25, -0.2) is 0 Å². The number of halogens is 1. The molecule has 0 atom stereocenters. The summed E-state index contributed by atoms with van der Waals surface area (Å²) in [5.74, 6) is -1.26. The number of aliphatic carboxylic acids is 1. The molecule has 0 aliphatic rings. The van der Waals surface area contributed by atoms with Crippen molar-refractivity contribution in [2.75, 3.05) is 13.1 Å². The average molecular weight is 246 g/mol. The molecule has 0 aromatic carbocycles. The molecule has 1 aromatic rings. The topological polar surface area (TPSA) is 70.8 Å². The van der Waals surface area contributed by atoms with Gasteiger partial charge in [-0.1, -0.05) is 0 Å². The highest BCUT2D eigenvalue weighted by atomic mass is 35.5. The van der Waals surface area contributed by atoms with Gasteiger partial charge in [0.05, 0.1) is 18.2 Å². The van der Waals surface area contributed by atoms with Crippen LogP contribution in [0, 0.1) is 0 Å². The number of nitrogens with zero attached hydrogens (tertiary/aromatic N) is 1. The second-order valence-corrected chi connectivity index (χ2v) is 3.48. The van der Waals surface area contributed by atoms with Gasteiger partial charge in [-0.05, 0) is 24.6 Å². The van der Waals surface area contributed by atoms with Crippen molar-refractivity contribution in [2.24, 2.45) is 0 Å². The Morgan fingerprint density at radius 1 is 1.56 bits per heavy atom. The van der Waals surface area contributed by atoms with Gasteiger partial charge in [0, 0.05) is 13.1 Å². The van der Waals surface area contributed by atoms with Gasteiger partial charge in [0.15, 0.2) is 0 Å². The van der Waals surface area contributed by atoms with E-state index in [-0.39, 0.29) is 29.7 Å². The van der Waals surface area contributed by atoms with Crippen molar-refractivity contribution in [2.45, 2.75) is 13.3 Å². The number of carboxylic acids is 1. The molecule has 1 heterocycles. The van der Waals surface area contributed by atoms with Crippen LogP contribution in [-0.2, 0) is 4.79 Å². The molecule has 0 saturated heterocycles. The molecule has 0 aliphatic heterocycles. The monoisotopic (exact) mass is 245 g/mol. The maximum absolute atomic E-state index is 11.9. The van der Waals surface area contributed by atoms with Crippen molar-refractivity contribution in [3.05, 3.63) is 23.1 Å². The molecule has 0 fully saturated rings. The number of hydrogen-bond donors (Lipinski definition) is 1. The summed E-state index contributed by atoms with van der Waals surface area (Å²) in [4.78, 5) is 23.7. The maximum atomic E-state index is 11.9. The van der Waals surface area contributed by atoms with E-state index in [1.807, 2.05) is 0 Å². The molecule has 0 unspecified atom stereocenters. The van der Waals surface area contributed by atoms with Crippen molar-refractivity contribution in [3.8, 4) is 0 Å². The summed E-state index contributed by atoms with van der Waals surface area (Å²) in [5.41, 5.74) is 0.258. The number of rotatable bonds is 5. The third-order valence-corrected chi connectivity index (χ3v) is 2.41. The van der Waals surface area contributed by atoms with E-state index >= 15 is 0 Å². The van der Waals surface area contributed by atoms with Crippen molar-refractivity contribution in [1.82, 2.24) is 4.90 Å². The van der Waals surface area contributed by atoms with Gasteiger partial charge in [0.2, 0.25) is 5.22 Å². The average Bonchev–Trinajstić information content (AvgIpc) is 2.64. The van der Waals surface area contributed by atoms with Crippen molar-refractivity contribution in [3.63, 3.8) is 0 Å². The molecule has 88 valence electrons. The Labute approximate surface area is 97.6 Å². The van der Waals surface area contributed by atoms with Gasteiger partial charge in [-0.15, -0.1) is 0 Å². The fourth-order valence-electron chi connectivity index (χ4n) is 1.25. The predicted octanol–water partition coefficient (Wildman–Crippen LogP) is 1.87. The first-order valence-corrected chi connectivity index (χ1v) is 5.18. The summed E-state index contributed by atoms with van der Waals surface area (Å²) >= 11 is 5.67. The molecule has 1 aromatic heterocycles. The summed E-state index contributed by atoms with van der Waals surface area (Å²) in [6, 6.07) is 1.47. The summed E-state index contributed by atoms with van der Waals surface area (Å²) in [6.07, 6.45) is 1.23. The fourth-order valence-corrected chi connectivity index (χ4v) is 1.45. The summed E-state index contributed by atoms with van der Waals surface area (Å²) in [7, 11) is 0. The summed E-state index contributed by atoms with van der Waals surface area (Å²) in [5, 5.41) is 8.57. The molecule has 6 heteroatoms. The minimum absolute atomic E-state index is 0.0266. The predicted molar refractivity (Wildman–Crippen MR) is 57.5 cm³/mol. The first-order chi connectivity index (χ1) is 7.56. The zero-order valence-corrected chi connectivity index (χ0v) is 9.53. The maximum Gasteiger partial charge on any atom is 0.305 e. The Hall–Kier alpha value is -1.49. The molecule has 0 aliphatic carbocycles. The molecular formula is C10H12ClNO4. The van der Waals surface area contributed by atoms with E-state index in [1.54, 1.807) is 6.92 Å². The van der Waals surface area contributed by atoms with Crippen molar-refractivity contribution in [1.29, 1.82) is 0 Å². The van der Waals surface area contributed by atoms with Crippen LogP contribution in [0.15, 0.2) is 16.7 Å². The van der Waals surface area contributed by atoms with Gasteiger partial charge >= 0.3 is 5.97 Å². The zero-order chi connectivity index (χ0) is 12.1. The third kappa shape index (κ3) is 3.00. The standard InChI is InChI=1S/C10H12ClNO4/c1-2-12(5-3-8(13)14)10(15)7-4-6-16-9(7)11/h4,6H,2-3,5H2,1H3,(H,13,14). The highest BCUT2D eigenvalue weighted by Gasteiger charge is 2.19. The molecule has 0 saturated carbocycles. The number of carbonyl (C=O) groups is 2. The minimum atomic E-state index is -0.940. The highest BCUT2D eigenvalue weighted by molar-refractivity contribution is 6.32. The lowest BCUT2D eigenvalue weighted by molar-refractivity contribution is -0.137. The molecule has 1 amide bonds. The Morgan fingerprint density at radius 3 is 2.69 bits per heavy atom. The number of carboxylic acid groups (broad SMARTS) is 1. The van der Waals surface area contributed by atoms with Crippen LogP contribution < -0.4 is 0 Å². The summed E-state index contributed by atoms with van der Waals surface area (Å²) in [6.45, 7) is 2.35. The SMILES string of the molecule is CCN(CCC(=O)O)C(=O)c1ccoc1Cl.